The summed E-state index contributed by atoms with van der Waals surface area (Å²) in [7, 11) is 0. The lowest BCUT2D eigenvalue weighted by molar-refractivity contribution is -0.165. The lowest BCUT2D eigenvalue weighted by Crippen LogP contribution is -2.60. The normalized spacial score (nSPS) is 22.5. The van der Waals surface area contributed by atoms with Gasteiger partial charge in [0.1, 0.15) is 23.1 Å². The SMILES string of the molecule is C[C@@H]1COCCN1c1cc(OC(C)(C)C)nc(N2CCN(CC(=O)OC(C)(C)C)CC2C(F)(F)F)c1. The molecule has 11 heteroatoms. The van der Waals surface area contributed by atoms with Gasteiger partial charge in [0.15, 0.2) is 0 Å². The first-order valence-electron chi connectivity index (χ1n) is 12.3. The number of carbonyl (C=O) groups excluding carboxylic acids is 1. The Kier molecular flexibility index (Phi) is 8.34. The van der Waals surface area contributed by atoms with Crippen LogP contribution >= 0.6 is 0 Å². The molecule has 8 nitrogen and oxygen atoms in total. The summed E-state index contributed by atoms with van der Waals surface area (Å²) in [6.07, 6.45) is -4.53. The van der Waals surface area contributed by atoms with E-state index in [4.69, 9.17) is 14.2 Å². The van der Waals surface area contributed by atoms with Gasteiger partial charge in [-0.2, -0.15) is 18.2 Å². The number of ether oxygens (including phenoxy) is 3. The fourth-order valence-corrected chi connectivity index (χ4v) is 4.36. The van der Waals surface area contributed by atoms with Crippen molar-refractivity contribution in [3.05, 3.63) is 12.1 Å². The van der Waals surface area contributed by atoms with Gasteiger partial charge in [-0.15, -0.1) is 0 Å². The molecule has 2 aliphatic rings. The molecule has 2 fully saturated rings. The molecule has 2 saturated heterocycles. The van der Waals surface area contributed by atoms with Gasteiger partial charge in [0.25, 0.3) is 0 Å². The number of anilines is 2. The number of piperazine rings is 1. The maximum absolute atomic E-state index is 14.3. The fraction of sp³-hybridized carbons (Fsp3) is 0.760. The molecule has 0 spiro atoms. The van der Waals surface area contributed by atoms with Gasteiger partial charge < -0.3 is 24.0 Å². The molecule has 0 amide bonds. The smallest absolute Gasteiger partial charge is 0.410 e. The lowest BCUT2D eigenvalue weighted by Gasteiger charge is -2.43. The molecule has 0 N–H and O–H groups in total. The van der Waals surface area contributed by atoms with Crippen molar-refractivity contribution in [1.29, 1.82) is 0 Å². The Morgan fingerprint density at radius 2 is 1.75 bits per heavy atom. The molecule has 3 heterocycles. The van der Waals surface area contributed by atoms with E-state index in [0.717, 1.165) is 5.69 Å². The van der Waals surface area contributed by atoms with E-state index in [1.165, 1.54) is 9.80 Å². The molecule has 0 aliphatic carbocycles. The summed E-state index contributed by atoms with van der Waals surface area (Å²) in [6.45, 7) is 14.2. The van der Waals surface area contributed by atoms with Crippen molar-refractivity contribution in [3.63, 3.8) is 0 Å². The third kappa shape index (κ3) is 7.86. The fourth-order valence-electron chi connectivity index (χ4n) is 4.36. The van der Waals surface area contributed by atoms with Crippen LogP contribution in [0.1, 0.15) is 48.5 Å². The van der Waals surface area contributed by atoms with Crippen molar-refractivity contribution in [1.82, 2.24) is 9.88 Å². The summed E-state index contributed by atoms with van der Waals surface area (Å²) in [5.41, 5.74) is -0.533. The van der Waals surface area contributed by atoms with E-state index < -0.39 is 29.4 Å². The van der Waals surface area contributed by atoms with Gasteiger partial charge >= 0.3 is 12.1 Å². The van der Waals surface area contributed by atoms with Gasteiger partial charge in [0, 0.05) is 50.0 Å². The van der Waals surface area contributed by atoms with Crippen molar-refractivity contribution in [3.8, 4) is 5.88 Å². The van der Waals surface area contributed by atoms with Gasteiger partial charge in [-0.05, 0) is 48.5 Å². The van der Waals surface area contributed by atoms with Crippen LogP contribution in [0.4, 0.5) is 24.7 Å². The summed E-state index contributed by atoms with van der Waals surface area (Å²) in [4.78, 5) is 21.6. The highest BCUT2D eigenvalue weighted by Crippen LogP contribution is 2.35. The Morgan fingerprint density at radius 3 is 2.33 bits per heavy atom. The van der Waals surface area contributed by atoms with Crippen LogP contribution in [-0.2, 0) is 14.3 Å². The topological polar surface area (TPSA) is 67.4 Å². The minimum Gasteiger partial charge on any atom is -0.472 e. The van der Waals surface area contributed by atoms with E-state index in [1.54, 1.807) is 32.9 Å². The molecule has 0 aromatic carbocycles. The molecule has 2 aliphatic heterocycles. The number of halogens is 3. The van der Waals surface area contributed by atoms with E-state index >= 15 is 0 Å². The number of carbonyl (C=O) groups is 1. The molecule has 36 heavy (non-hydrogen) atoms. The second-order valence-corrected chi connectivity index (χ2v) is 11.4. The van der Waals surface area contributed by atoms with Crippen LogP contribution in [0.3, 0.4) is 0 Å². The van der Waals surface area contributed by atoms with Crippen LogP contribution < -0.4 is 14.5 Å². The van der Waals surface area contributed by atoms with Crippen molar-refractivity contribution >= 4 is 17.5 Å². The van der Waals surface area contributed by atoms with Crippen molar-refractivity contribution in [2.75, 3.05) is 55.7 Å². The number of hydrogen-bond acceptors (Lipinski definition) is 8. The average molecular weight is 517 g/mol. The van der Waals surface area contributed by atoms with Crippen LogP contribution in [0, 0.1) is 0 Å². The number of esters is 1. The highest BCUT2D eigenvalue weighted by molar-refractivity contribution is 5.72. The molecule has 204 valence electrons. The third-order valence-corrected chi connectivity index (χ3v) is 5.79. The molecular formula is C25H39F3N4O4. The summed E-state index contributed by atoms with van der Waals surface area (Å²) >= 11 is 0. The van der Waals surface area contributed by atoms with E-state index in [1.807, 2.05) is 27.7 Å². The molecule has 0 bridgehead atoms. The zero-order valence-electron chi connectivity index (χ0n) is 22.3. The number of aromatic nitrogens is 1. The van der Waals surface area contributed by atoms with Gasteiger partial charge in [0.05, 0.1) is 19.8 Å². The van der Waals surface area contributed by atoms with E-state index in [0.29, 0.717) is 19.8 Å². The van der Waals surface area contributed by atoms with Crippen molar-refractivity contribution in [2.24, 2.45) is 0 Å². The lowest BCUT2D eigenvalue weighted by atomic mass is 10.1. The minimum absolute atomic E-state index is 0.0526. The Hall–Kier alpha value is -2.27. The van der Waals surface area contributed by atoms with Crippen LogP contribution in [0.15, 0.2) is 12.1 Å². The third-order valence-electron chi connectivity index (χ3n) is 5.79. The van der Waals surface area contributed by atoms with Crippen LogP contribution in [0.2, 0.25) is 0 Å². The van der Waals surface area contributed by atoms with Crippen molar-refractivity contribution in [2.45, 2.75) is 77.9 Å². The number of pyridine rings is 1. The van der Waals surface area contributed by atoms with Gasteiger partial charge in [-0.25, -0.2) is 0 Å². The first-order valence-corrected chi connectivity index (χ1v) is 12.3. The number of rotatable bonds is 5. The predicted octanol–water partition coefficient (Wildman–Crippen LogP) is 3.88. The van der Waals surface area contributed by atoms with E-state index in [9.17, 15) is 18.0 Å². The molecule has 2 atom stereocenters. The molecule has 1 aromatic heterocycles. The molecule has 0 saturated carbocycles. The van der Waals surface area contributed by atoms with Gasteiger partial charge in [0.2, 0.25) is 5.88 Å². The molecule has 1 unspecified atom stereocenters. The molecule has 0 radical (unpaired) electrons. The minimum atomic E-state index is -4.53. The Morgan fingerprint density at radius 1 is 1.06 bits per heavy atom. The van der Waals surface area contributed by atoms with Crippen LogP contribution in [-0.4, -0.2) is 91.3 Å². The number of morpholine rings is 1. The number of hydrogen-bond donors (Lipinski definition) is 0. The largest absolute Gasteiger partial charge is 0.472 e. The Balaban J connectivity index is 1.91. The summed E-state index contributed by atoms with van der Waals surface area (Å²) in [5.74, 6) is -0.0744. The summed E-state index contributed by atoms with van der Waals surface area (Å²) < 4.78 is 59.7. The summed E-state index contributed by atoms with van der Waals surface area (Å²) in [5, 5.41) is 0. The zero-order valence-corrected chi connectivity index (χ0v) is 22.3. The first-order chi connectivity index (χ1) is 16.5. The summed E-state index contributed by atoms with van der Waals surface area (Å²) in [6, 6.07) is 1.69. The standard InChI is InChI=1S/C25H39F3N4O4/c1-17-16-34-11-10-31(17)18-12-20(29-21(13-18)35-23(2,3)4)32-9-8-30(14-19(32)25(26,27)28)15-22(33)36-24(5,6)7/h12-13,17,19H,8-11,14-16H2,1-7H3/t17-,19?/m1/s1. The zero-order chi connectivity index (χ0) is 26.9. The predicted molar refractivity (Wildman–Crippen MR) is 132 cm³/mol. The van der Waals surface area contributed by atoms with Gasteiger partial charge in [-0.3, -0.25) is 9.69 Å². The van der Waals surface area contributed by atoms with Crippen LogP contribution in [0.25, 0.3) is 0 Å². The average Bonchev–Trinajstić information content (AvgIpc) is 2.70. The van der Waals surface area contributed by atoms with E-state index in [-0.39, 0.29) is 43.9 Å². The highest BCUT2D eigenvalue weighted by atomic mass is 19.4. The first kappa shape index (κ1) is 28.3. The van der Waals surface area contributed by atoms with Crippen molar-refractivity contribution < 1.29 is 32.2 Å². The molecule has 3 rings (SSSR count). The number of nitrogens with zero attached hydrogens (tertiary/aromatic N) is 4. The molecule has 1 aromatic rings. The maximum atomic E-state index is 14.3. The van der Waals surface area contributed by atoms with E-state index in [2.05, 4.69) is 9.88 Å². The quantitative estimate of drug-likeness (QED) is 0.547. The Bertz CT molecular complexity index is 914. The Labute approximate surface area is 211 Å². The second kappa shape index (κ2) is 10.6. The molecular weight excluding hydrogens is 477 g/mol. The highest BCUT2D eigenvalue weighted by Gasteiger charge is 2.47. The van der Waals surface area contributed by atoms with Crippen LogP contribution in [0.5, 0.6) is 5.88 Å². The maximum Gasteiger partial charge on any atom is 0.410 e. The second-order valence-electron chi connectivity index (χ2n) is 11.4. The monoisotopic (exact) mass is 516 g/mol. The number of alkyl halides is 3. The van der Waals surface area contributed by atoms with Gasteiger partial charge in [-0.1, -0.05) is 0 Å².